The highest BCUT2D eigenvalue weighted by Crippen LogP contribution is 2.35. The lowest BCUT2D eigenvalue weighted by molar-refractivity contribution is -0.122. The molecular formula is C30H25N3O3S. The Kier molecular flexibility index (Phi) is 7.33. The number of rotatable bonds is 8. The van der Waals surface area contributed by atoms with Crippen LogP contribution in [-0.2, 0) is 11.2 Å². The van der Waals surface area contributed by atoms with Gasteiger partial charge in [-0.3, -0.25) is 9.69 Å². The molecular weight excluding hydrogens is 482 g/mol. The summed E-state index contributed by atoms with van der Waals surface area (Å²) in [5.74, 6) is -1.07. The molecule has 0 bridgehead atoms. The Morgan fingerprint density at radius 3 is 2.43 bits per heavy atom. The van der Waals surface area contributed by atoms with Crippen LogP contribution in [0.25, 0.3) is 11.8 Å². The standard InChI is InChI=1S/C30H25N3O3S/c34-28-27(21-26-17-9-18-32(26)25-16-7-13-23(20-25)29(35)36)37-30(31-24-14-5-2-6-15-24)33(28)19-8-12-22-10-3-1-4-11-22/h1-7,9-11,13-18,20-21H,8,12,19H2,(H,35,36)/b27-21-,31-30?. The smallest absolute Gasteiger partial charge is 0.335 e. The van der Waals surface area contributed by atoms with E-state index in [0.717, 1.165) is 24.2 Å². The molecule has 1 amide bonds. The zero-order valence-electron chi connectivity index (χ0n) is 20.0. The van der Waals surface area contributed by atoms with Crippen molar-refractivity contribution in [2.75, 3.05) is 6.54 Å². The van der Waals surface area contributed by atoms with Gasteiger partial charge >= 0.3 is 5.97 Å². The van der Waals surface area contributed by atoms with Crippen LogP contribution in [0.15, 0.2) is 113 Å². The van der Waals surface area contributed by atoms with E-state index in [4.69, 9.17) is 4.99 Å². The van der Waals surface area contributed by atoms with Crippen molar-refractivity contribution < 1.29 is 14.7 Å². The highest BCUT2D eigenvalue weighted by molar-refractivity contribution is 8.18. The Labute approximate surface area is 219 Å². The molecule has 0 spiro atoms. The van der Waals surface area contributed by atoms with E-state index in [1.54, 1.807) is 23.1 Å². The zero-order valence-corrected chi connectivity index (χ0v) is 20.8. The Bertz CT molecular complexity index is 1480. The quantitative estimate of drug-likeness (QED) is 0.280. The average Bonchev–Trinajstić information content (AvgIpc) is 3.50. The molecule has 37 heavy (non-hydrogen) atoms. The van der Waals surface area contributed by atoms with Gasteiger partial charge in [0.1, 0.15) is 0 Å². The summed E-state index contributed by atoms with van der Waals surface area (Å²) in [5.41, 5.74) is 3.73. The van der Waals surface area contributed by atoms with Gasteiger partial charge in [0, 0.05) is 24.1 Å². The summed E-state index contributed by atoms with van der Waals surface area (Å²) < 4.78 is 1.87. The molecule has 0 unspecified atom stereocenters. The number of carbonyl (C=O) groups excluding carboxylic acids is 1. The van der Waals surface area contributed by atoms with Gasteiger partial charge in [-0.15, -0.1) is 0 Å². The Hall–Kier alpha value is -4.36. The monoisotopic (exact) mass is 507 g/mol. The number of nitrogens with zero attached hydrogens (tertiary/aromatic N) is 3. The second-order valence-corrected chi connectivity index (χ2v) is 9.55. The van der Waals surface area contributed by atoms with Crippen molar-refractivity contribution in [1.29, 1.82) is 0 Å². The lowest BCUT2D eigenvalue weighted by atomic mass is 10.1. The SMILES string of the molecule is O=C(O)c1cccc(-n2cccc2/C=C2\SC(=Nc3ccccc3)N(CCCc3ccccc3)C2=O)c1. The first-order valence-corrected chi connectivity index (χ1v) is 12.8. The number of carbonyl (C=O) groups is 2. The van der Waals surface area contributed by atoms with Gasteiger partial charge in [0.2, 0.25) is 0 Å². The van der Waals surface area contributed by atoms with Gasteiger partial charge in [-0.2, -0.15) is 0 Å². The minimum atomic E-state index is -0.983. The summed E-state index contributed by atoms with van der Waals surface area (Å²) >= 11 is 1.36. The number of carboxylic acid groups (broad SMARTS) is 1. The van der Waals surface area contributed by atoms with E-state index in [0.29, 0.717) is 22.3 Å². The van der Waals surface area contributed by atoms with Gasteiger partial charge in [-0.1, -0.05) is 54.6 Å². The van der Waals surface area contributed by atoms with Crippen molar-refractivity contribution in [3.8, 4) is 5.69 Å². The molecule has 2 heterocycles. The lowest BCUT2D eigenvalue weighted by Crippen LogP contribution is -2.30. The fraction of sp³-hybridized carbons (Fsp3) is 0.100. The molecule has 4 aromatic rings. The minimum Gasteiger partial charge on any atom is -0.478 e. The van der Waals surface area contributed by atoms with E-state index in [-0.39, 0.29) is 11.5 Å². The fourth-order valence-corrected chi connectivity index (χ4v) is 5.17. The Morgan fingerprint density at radius 1 is 0.919 bits per heavy atom. The van der Waals surface area contributed by atoms with E-state index >= 15 is 0 Å². The molecule has 0 saturated carbocycles. The molecule has 1 fully saturated rings. The van der Waals surface area contributed by atoms with Crippen molar-refractivity contribution in [3.63, 3.8) is 0 Å². The number of hydrogen-bond acceptors (Lipinski definition) is 4. The normalized spacial score (nSPS) is 15.6. The molecule has 1 N–H and O–H groups in total. The highest BCUT2D eigenvalue weighted by atomic mass is 32.2. The molecule has 1 saturated heterocycles. The van der Waals surface area contributed by atoms with Crippen LogP contribution in [0.5, 0.6) is 0 Å². The number of carboxylic acids is 1. The van der Waals surface area contributed by atoms with Gasteiger partial charge in [0.05, 0.1) is 16.2 Å². The first kappa shape index (κ1) is 24.3. The van der Waals surface area contributed by atoms with Gasteiger partial charge in [-0.05, 0) is 78.7 Å². The molecule has 1 aliphatic rings. The van der Waals surface area contributed by atoms with E-state index in [9.17, 15) is 14.7 Å². The van der Waals surface area contributed by atoms with Gasteiger partial charge in [0.25, 0.3) is 5.91 Å². The van der Waals surface area contributed by atoms with Crippen LogP contribution in [-0.4, -0.2) is 38.2 Å². The third-order valence-corrected chi connectivity index (χ3v) is 7.00. The van der Waals surface area contributed by atoms with Crippen LogP contribution in [0.2, 0.25) is 0 Å². The highest BCUT2D eigenvalue weighted by Gasteiger charge is 2.33. The zero-order chi connectivity index (χ0) is 25.6. The summed E-state index contributed by atoms with van der Waals surface area (Å²) in [7, 11) is 0. The maximum atomic E-state index is 13.5. The van der Waals surface area contributed by atoms with Crippen molar-refractivity contribution >= 4 is 40.6 Å². The number of aliphatic imine (C=N–C) groups is 1. The van der Waals surface area contributed by atoms with Crippen LogP contribution in [0.1, 0.15) is 28.0 Å². The van der Waals surface area contributed by atoms with E-state index in [1.807, 2.05) is 83.6 Å². The molecule has 7 heteroatoms. The lowest BCUT2D eigenvalue weighted by Gasteiger charge is -2.15. The van der Waals surface area contributed by atoms with Gasteiger partial charge in [0.15, 0.2) is 5.17 Å². The van der Waals surface area contributed by atoms with Crippen molar-refractivity contribution in [3.05, 3.63) is 125 Å². The van der Waals surface area contributed by atoms with Crippen LogP contribution in [0, 0.1) is 0 Å². The van der Waals surface area contributed by atoms with Crippen LogP contribution >= 0.6 is 11.8 Å². The number of thioether (sulfide) groups is 1. The molecule has 6 nitrogen and oxygen atoms in total. The molecule has 0 radical (unpaired) electrons. The van der Waals surface area contributed by atoms with Crippen LogP contribution < -0.4 is 0 Å². The Balaban J connectivity index is 1.43. The number of hydrogen-bond donors (Lipinski definition) is 1. The predicted molar refractivity (Wildman–Crippen MR) is 148 cm³/mol. The summed E-state index contributed by atoms with van der Waals surface area (Å²) in [6, 6.07) is 30.4. The number of amidine groups is 1. The van der Waals surface area contributed by atoms with E-state index in [1.165, 1.54) is 17.3 Å². The Morgan fingerprint density at radius 2 is 1.68 bits per heavy atom. The number of para-hydroxylation sites is 1. The van der Waals surface area contributed by atoms with Crippen molar-refractivity contribution in [2.24, 2.45) is 4.99 Å². The van der Waals surface area contributed by atoms with Gasteiger partial charge in [-0.25, -0.2) is 9.79 Å². The first-order valence-electron chi connectivity index (χ1n) is 12.0. The molecule has 0 atom stereocenters. The van der Waals surface area contributed by atoms with Crippen molar-refractivity contribution in [1.82, 2.24) is 9.47 Å². The molecule has 1 aliphatic heterocycles. The third kappa shape index (κ3) is 5.73. The topological polar surface area (TPSA) is 74.9 Å². The molecule has 0 aliphatic carbocycles. The average molecular weight is 508 g/mol. The second-order valence-electron chi connectivity index (χ2n) is 8.55. The summed E-state index contributed by atoms with van der Waals surface area (Å²) in [6.45, 7) is 0.561. The number of aromatic nitrogens is 1. The predicted octanol–water partition coefficient (Wildman–Crippen LogP) is 6.41. The largest absolute Gasteiger partial charge is 0.478 e. The van der Waals surface area contributed by atoms with E-state index in [2.05, 4.69) is 12.1 Å². The summed E-state index contributed by atoms with van der Waals surface area (Å²) in [6.07, 6.45) is 5.39. The summed E-state index contributed by atoms with van der Waals surface area (Å²) in [5, 5.41) is 10.0. The maximum absolute atomic E-state index is 13.5. The maximum Gasteiger partial charge on any atom is 0.335 e. The van der Waals surface area contributed by atoms with Gasteiger partial charge < -0.3 is 9.67 Å². The number of aryl methyl sites for hydroxylation is 1. The molecule has 1 aromatic heterocycles. The first-order chi connectivity index (χ1) is 18.1. The summed E-state index contributed by atoms with van der Waals surface area (Å²) in [4.78, 5) is 32.1. The van der Waals surface area contributed by atoms with E-state index < -0.39 is 5.97 Å². The number of benzene rings is 3. The minimum absolute atomic E-state index is 0.0835. The van der Waals surface area contributed by atoms with Crippen LogP contribution in [0.4, 0.5) is 5.69 Å². The fourth-order valence-electron chi connectivity index (χ4n) is 4.16. The molecule has 184 valence electrons. The number of aromatic carboxylic acids is 1. The second kappa shape index (κ2) is 11.1. The van der Waals surface area contributed by atoms with Crippen LogP contribution in [0.3, 0.4) is 0 Å². The molecule has 3 aromatic carbocycles. The number of amides is 1. The van der Waals surface area contributed by atoms with Crippen molar-refractivity contribution in [2.45, 2.75) is 12.8 Å². The molecule has 5 rings (SSSR count). The third-order valence-electron chi connectivity index (χ3n) is 5.99.